The minimum atomic E-state index is -0.777. The maximum atomic E-state index is 13.5. The third-order valence-corrected chi connectivity index (χ3v) is 6.82. The smallest absolute Gasteiger partial charge is 0.257 e. The van der Waals surface area contributed by atoms with E-state index in [1.165, 1.54) is 4.90 Å². The highest BCUT2D eigenvalue weighted by molar-refractivity contribution is 6.31. The van der Waals surface area contributed by atoms with Crippen LogP contribution in [0.2, 0.25) is 10.0 Å². The molecule has 1 atom stereocenters. The first-order chi connectivity index (χ1) is 15.4. The Kier molecular flexibility index (Phi) is 7.17. The second-order valence-electron chi connectivity index (χ2n) is 8.51. The van der Waals surface area contributed by atoms with Gasteiger partial charge in [-0.1, -0.05) is 61.0 Å². The molecule has 2 aromatic carbocycles. The highest BCUT2D eigenvalue weighted by Crippen LogP contribution is 2.31. The van der Waals surface area contributed by atoms with Gasteiger partial charge in [-0.25, -0.2) is 4.90 Å². The van der Waals surface area contributed by atoms with Gasteiger partial charge in [0.05, 0.1) is 18.5 Å². The number of halogens is 2. The quantitative estimate of drug-likeness (QED) is 0.431. The molecule has 1 saturated carbocycles. The van der Waals surface area contributed by atoms with Crippen molar-refractivity contribution in [2.45, 2.75) is 63.5 Å². The van der Waals surface area contributed by atoms with Crippen molar-refractivity contribution in [1.82, 2.24) is 4.90 Å². The molecule has 2 aliphatic rings. The van der Waals surface area contributed by atoms with Gasteiger partial charge in [0.1, 0.15) is 6.04 Å². The summed E-state index contributed by atoms with van der Waals surface area (Å²) in [5.74, 6) is -0.755. The van der Waals surface area contributed by atoms with Gasteiger partial charge in [0.25, 0.3) is 5.91 Å². The third-order valence-electron chi connectivity index (χ3n) is 6.32. The molecule has 3 amide bonds. The second kappa shape index (κ2) is 10.1. The molecule has 32 heavy (non-hydrogen) atoms. The van der Waals surface area contributed by atoms with E-state index >= 15 is 0 Å². The summed E-state index contributed by atoms with van der Waals surface area (Å²) < 4.78 is 0. The van der Waals surface area contributed by atoms with E-state index < -0.39 is 6.04 Å². The summed E-state index contributed by atoms with van der Waals surface area (Å²) in [5, 5.41) is 1.14. The molecular weight excluding hydrogens is 447 g/mol. The van der Waals surface area contributed by atoms with Crippen molar-refractivity contribution in [2.24, 2.45) is 0 Å². The van der Waals surface area contributed by atoms with Gasteiger partial charge in [-0.2, -0.15) is 0 Å². The van der Waals surface area contributed by atoms with Crippen LogP contribution in [0.3, 0.4) is 0 Å². The maximum absolute atomic E-state index is 13.5. The lowest BCUT2D eigenvalue weighted by Crippen LogP contribution is -2.51. The van der Waals surface area contributed by atoms with E-state index in [0.29, 0.717) is 15.7 Å². The highest BCUT2D eigenvalue weighted by Gasteiger charge is 2.46. The largest absolute Gasteiger partial charge is 0.327 e. The van der Waals surface area contributed by atoms with E-state index in [1.54, 1.807) is 41.3 Å². The molecule has 2 fully saturated rings. The van der Waals surface area contributed by atoms with E-state index in [4.69, 9.17) is 23.2 Å². The van der Waals surface area contributed by atoms with Crippen LogP contribution in [0.25, 0.3) is 0 Å². The van der Waals surface area contributed by atoms with Crippen molar-refractivity contribution >= 4 is 46.6 Å². The summed E-state index contributed by atoms with van der Waals surface area (Å²) in [6.07, 6.45) is 6.18. The zero-order valence-corrected chi connectivity index (χ0v) is 19.3. The fourth-order valence-electron chi connectivity index (χ4n) is 4.73. The third kappa shape index (κ3) is 5.00. The van der Waals surface area contributed by atoms with E-state index in [0.717, 1.165) is 44.1 Å². The zero-order valence-electron chi connectivity index (χ0n) is 17.8. The molecule has 0 N–H and O–H groups in total. The van der Waals surface area contributed by atoms with Crippen LogP contribution in [-0.2, 0) is 20.8 Å². The molecule has 0 aromatic heterocycles. The van der Waals surface area contributed by atoms with Gasteiger partial charge in [0, 0.05) is 16.1 Å². The molecule has 1 saturated heterocycles. The minimum Gasteiger partial charge on any atom is -0.327 e. The Labute approximate surface area is 198 Å². The van der Waals surface area contributed by atoms with E-state index in [1.807, 2.05) is 12.1 Å². The van der Waals surface area contributed by atoms with Gasteiger partial charge in [0.2, 0.25) is 11.8 Å². The number of anilines is 1. The summed E-state index contributed by atoms with van der Waals surface area (Å²) in [4.78, 5) is 42.7. The van der Waals surface area contributed by atoms with Gasteiger partial charge in [-0.15, -0.1) is 0 Å². The molecule has 1 heterocycles. The average Bonchev–Trinajstić information content (AvgIpc) is 2.94. The molecule has 1 aliphatic heterocycles. The first-order valence-electron chi connectivity index (χ1n) is 11.1. The first-order valence-corrected chi connectivity index (χ1v) is 11.9. The number of amides is 3. The molecular formula is C25H26Cl2N2O3. The van der Waals surface area contributed by atoms with Gasteiger partial charge in [-0.3, -0.25) is 14.4 Å². The summed E-state index contributed by atoms with van der Waals surface area (Å²) in [6.45, 7) is 0. The lowest BCUT2D eigenvalue weighted by atomic mass is 10.0. The number of hydrogen-bond acceptors (Lipinski definition) is 3. The van der Waals surface area contributed by atoms with Crippen molar-refractivity contribution in [3.05, 3.63) is 64.1 Å². The van der Waals surface area contributed by atoms with Crippen molar-refractivity contribution < 1.29 is 14.4 Å². The topological polar surface area (TPSA) is 57.7 Å². The predicted molar refractivity (Wildman–Crippen MR) is 126 cm³/mol. The van der Waals surface area contributed by atoms with E-state index in [9.17, 15) is 14.4 Å². The van der Waals surface area contributed by atoms with Crippen LogP contribution < -0.4 is 4.90 Å². The first kappa shape index (κ1) is 22.8. The Morgan fingerprint density at radius 2 is 1.44 bits per heavy atom. The Morgan fingerprint density at radius 1 is 0.875 bits per heavy atom. The molecule has 1 unspecified atom stereocenters. The van der Waals surface area contributed by atoms with Crippen molar-refractivity contribution in [2.75, 3.05) is 4.90 Å². The number of imide groups is 1. The Balaban J connectivity index is 1.62. The second-order valence-corrected chi connectivity index (χ2v) is 9.39. The van der Waals surface area contributed by atoms with Crippen molar-refractivity contribution in [1.29, 1.82) is 0 Å². The summed E-state index contributed by atoms with van der Waals surface area (Å²) in [6, 6.07) is 13.0. The van der Waals surface area contributed by atoms with Gasteiger partial charge >= 0.3 is 0 Å². The maximum Gasteiger partial charge on any atom is 0.257 e. The van der Waals surface area contributed by atoms with Crippen LogP contribution in [0.1, 0.15) is 50.5 Å². The molecule has 7 heteroatoms. The fraction of sp³-hybridized carbons (Fsp3) is 0.400. The van der Waals surface area contributed by atoms with E-state index in [2.05, 4.69) is 0 Å². The van der Waals surface area contributed by atoms with Gasteiger partial charge < -0.3 is 4.90 Å². The van der Waals surface area contributed by atoms with Crippen LogP contribution in [0, 0.1) is 0 Å². The summed E-state index contributed by atoms with van der Waals surface area (Å²) in [5.41, 5.74) is 1.32. The SMILES string of the molecule is O=C1CC(N(C(=O)Cc2ccc(Cl)cc2)C2CCCCCC2)C(=O)N1c1ccc(Cl)cc1. The van der Waals surface area contributed by atoms with Crippen molar-refractivity contribution in [3.8, 4) is 0 Å². The van der Waals surface area contributed by atoms with Gasteiger partial charge in [0.15, 0.2) is 0 Å². The molecule has 168 valence electrons. The molecule has 1 aliphatic carbocycles. The molecule has 0 bridgehead atoms. The number of nitrogens with zero attached hydrogens (tertiary/aromatic N) is 2. The Morgan fingerprint density at radius 3 is 2.03 bits per heavy atom. The van der Waals surface area contributed by atoms with Crippen LogP contribution in [0.15, 0.2) is 48.5 Å². The molecule has 0 spiro atoms. The molecule has 4 rings (SSSR count). The highest BCUT2D eigenvalue weighted by atomic mass is 35.5. The summed E-state index contributed by atoms with van der Waals surface area (Å²) in [7, 11) is 0. The average molecular weight is 473 g/mol. The number of rotatable bonds is 5. The van der Waals surface area contributed by atoms with Gasteiger partial charge in [-0.05, 0) is 54.8 Å². The normalized spacial score (nSPS) is 19.8. The minimum absolute atomic E-state index is 0.00428. The number of carbonyl (C=O) groups is 3. The predicted octanol–water partition coefficient (Wildman–Crippen LogP) is 5.42. The molecule has 2 aromatic rings. The van der Waals surface area contributed by atoms with E-state index in [-0.39, 0.29) is 36.6 Å². The zero-order chi connectivity index (χ0) is 22.7. The number of hydrogen-bond donors (Lipinski definition) is 0. The molecule has 0 radical (unpaired) electrons. The van der Waals surface area contributed by atoms with Crippen molar-refractivity contribution in [3.63, 3.8) is 0 Å². The standard InChI is InChI=1S/C25H26Cl2N2O3/c26-18-9-7-17(8-10-18)15-23(30)28(20-5-3-1-2-4-6-20)22-16-24(31)29(25(22)32)21-13-11-19(27)12-14-21/h7-14,20,22H,1-6,15-16H2. The lowest BCUT2D eigenvalue weighted by Gasteiger charge is -2.35. The molecule has 5 nitrogen and oxygen atoms in total. The van der Waals surface area contributed by atoms with Crippen LogP contribution in [0.4, 0.5) is 5.69 Å². The summed E-state index contributed by atoms with van der Waals surface area (Å²) >= 11 is 11.9. The Bertz CT molecular complexity index is 983. The van der Waals surface area contributed by atoms with Crippen LogP contribution >= 0.6 is 23.2 Å². The fourth-order valence-corrected chi connectivity index (χ4v) is 4.98. The number of benzene rings is 2. The van der Waals surface area contributed by atoms with Crippen LogP contribution in [0.5, 0.6) is 0 Å². The van der Waals surface area contributed by atoms with Crippen LogP contribution in [-0.4, -0.2) is 34.7 Å². The lowest BCUT2D eigenvalue weighted by molar-refractivity contribution is -0.140. The number of carbonyl (C=O) groups excluding carboxylic acids is 3. The monoisotopic (exact) mass is 472 g/mol. The Hall–Kier alpha value is -2.37.